The van der Waals surface area contributed by atoms with Crippen LogP contribution in [0.5, 0.6) is 0 Å². The van der Waals surface area contributed by atoms with Gasteiger partial charge in [-0.3, -0.25) is 19.2 Å². The molecule has 1 atom stereocenters. The fraction of sp³-hybridized carbons (Fsp3) is 0.333. The molecule has 1 aromatic carbocycles. The summed E-state index contributed by atoms with van der Waals surface area (Å²) in [7, 11) is 0. The van der Waals surface area contributed by atoms with Crippen molar-refractivity contribution in [2.75, 3.05) is 13.1 Å². The van der Waals surface area contributed by atoms with Crippen LogP contribution < -0.4 is 16.0 Å². The number of hydrogen-bond donors (Lipinski definition) is 3. The summed E-state index contributed by atoms with van der Waals surface area (Å²) < 4.78 is 0. The van der Waals surface area contributed by atoms with Crippen LogP contribution in [0, 0.1) is 0 Å². The van der Waals surface area contributed by atoms with Crippen LogP contribution in [0.1, 0.15) is 12.5 Å². The molecule has 7 heteroatoms. The first-order valence-electron chi connectivity index (χ1n) is 6.80. The number of benzene rings is 1. The molecule has 0 aliphatic rings. The van der Waals surface area contributed by atoms with Crippen LogP contribution in [-0.4, -0.2) is 43.1 Å². The van der Waals surface area contributed by atoms with Crippen LogP contribution in [0.4, 0.5) is 0 Å². The first-order valence-corrected chi connectivity index (χ1v) is 6.80. The Bertz CT molecular complexity index is 531. The summed E-state index contributed by atoms with van der Waals surface area (Å²) in [5, 5.41) is 7.24. The van der Waals surface area contributed by atoms with Crippen molar-refractivity contribution >= 4 is 24.0 Å². The molecule has 0 aliphatic heterocycles. The van der Waals surface area contributed by atoms with E-state index in [1.165, 1.54) is 6.92 Å². The van der Waals surface area contributed by atoms with Crippen LogP contribution >= 0.6 is 0 Å². The molecule has 7 nitrogen and oxygen atoms in total. The maximum absolute atomic E-state index is 12.1. The third-order valence-electron chi connectivity index (χ3n) is 2.79. The Kier molecular flexibility index (Phi) is 7.32. The molecule has 1 unspecified atom stereocenters. The SMILES string of the molecule is CC(=O)CNC(=O)C(Cc1ccccc1)NC(=O)CNC=O. The van der Waals surface area contributed by atoms with Crippen molar-refractivity contribution in [2.45, 2.75) is 19.4 Å². The lowest BCUT2D eigenvalue weighted by molar-refractivity contribution is -0.129. The first kappa shape index (κ1) is 17.4. The van der Waals surface area contributed by atoms with Gasteiger partial charge in [-0.1, -0.05) is 30.3 Å². The van der Waals surface area contributed by atoms with Gasteiger partial charge in [0.05, 0.1) is 13.1 Å². The topological polar surface area (TPSA) is 104 Å². The van der Waals surface area contributed by atoms with E-state index in [2.05, 4.69) is 16.0 Å². The number of ketones is 1. The summed E-state index contributed by atoms with van der Waals surface area (Å²) in [6.07, 6.45) is 0.693. The van der Waals surface area contributed by atoms with Crippen molar-refractivity contribution in [1.82, 2.24) is 16.0 Å². The second kappa shape index (κ2) is 9.28. The number of amides is 3. The summed E-state index contributed by atoms with van der Waals surface area (Å²) in [6.45, 7) is 1.06. The van der Waals surface area contributed by atoms with Gasteiger partial charge in [0.2, 0.25) is 18.2 Å². The molecule has 0 fully saturated rings. The fourth-order valence-electron chi connectivity index (χ4n) is 1.77. The summed E-state index contributed by atoms with van der Waals surface area (Å²) in [5.41, 5.74) is 0.870. The molecule has 3 N–H and O–H groups in total. The van der Waals surface area contributed by atoms with Gasteiger partial charge in [-0.25, -0.2) is 0 Å². The van der Waals surface area contributed by atoms with E-state index in [0.29, 0.717) is 6.41 Å². The van der Waals surface area contributed by atoms with Crippen molar-refractivity contribution in [3.05, 3.63) is 35.9 Å². The molecule has 0 saturated carbocycles. The van der Waals surface area contributed by atoms with Crippen LogP contribution in [0.2, 0.25) is 0 Å². The zero-order valence-corrected chi connectivity index (χ0v) is 12.3. The highest BCUT2D eigenvalue weighted by molar-refractivity contribution is 5.91. The lowest BCUT2D eigenvalue weighted by Gasteiger charge is -2.18. The fourth-order valence-corrected chi connectivity index (χ4v) is 1.77. The molecule has 0 saturated heterocycles. The Morgan fingerprint density at radius 3 is 2.41 bits per heavy atom. The quantitative estimate of drug-likeness (QED) is 0.518. The van der Waals surface area contributed by atoms with Gasteiger partial charge in [0.25, 0.3) is 0 Å². The summed E-state index contributed by atoms with van der Waals surface area (Å²) in [4.78, 5) is 44.9. The Hall–Kier alpha value is -2.70. The zero-order chi connectivity index (χ0) is 16.4. The molecule has 1 rings (SSSR count). The molecular formula is C15H19N3O4. The number of hydrogen-bond acceptors (Lipinski definition) is 4. The molecule has 118 valence electrons. The first-order chi connectivity index (χ1) is 10.5. The maximum atomic E-state index is 12.1. The molecule has 1 aromatic rings. The smallest absolute Gasteiger partial charge is 0.243 e. The van der Waals surface area contributed by atoms with Crippen LogP contribution in [0.25, 0.3) is 0 Å². The number of nitrogens with one attached hydrogen (secondary N) is 3. The molecule has 0 aliphatic carbocycles. The summed E-state index contributed by atoms with van der Waals surface area (Å²) in [6, 6.07) is 8.36. The molecule has 0 bridgehead atoms. The van der Waals surface area contributed by atoms with Crippen molar-refractivity contribution in [2.24, 2.45) is 0 Å². The van der Waals surface area contributed by atoms with Crippen LogP contribution in [0.3, 0.4) is 0 Å². The monoisotopic (exact) mass is 305 g/mol. The van der Waals surface area contributed by atoms with Crippen molar-refractivity contribution in [1.29, 1.82) is 0 Å². The molecule has 0 spiro atoms. The average Bonchev–Trinajstić information content (AvgIpc) is 2.51. The van der Waals surface area contributed by atoms with E-state index in [4.69, 9.17) is 0 Å². The van der Waals surface area contributed by atoms with Gasteiger partial charge in [0.15, 0.2) is 0 Å². The van der Waals surface area contributed by atoms with Gasteiger partial charge >= 0.3 is 0 Å². The zero-order valence-electron chi connectivity index (χ0n) is 12.3. The number of rotatable bonds is 9. The lowest BCUT2D eigenvalue weighted by atomic mass is 10.1. The van der Waals surface area contributed by atoms with Crippen LogP contribution in [-0.2, 0) is 25.6 Å². The van der Waals surface area contributed by atoms with Gasteiger partial charge in [-0.15, -0.1) is 0 Å². The Labute approximate surface area is 128 Å². The second-order valence-corrected chi connectivity index (χ2v) is 4.73. The molecule has 0 aromatic heterocycles. The van der Waals surface area contributed by atoms with Gasteiger partial charge in [0.1, 0.15) is 11.8 Å². The number of carbonyl (C=O) groups excluding carboxylic acids is 4. The molecule has 0 heterocycles. The van der Waals surface area contributed by atoms with Crippen molar-refractivity contribution in [3.63, 3.8) is 0 Å². The minimum Gasteiger partial charge on any atom is -0.350 e. The van der Waals surface area contributed by atoms with E-state index in [0.717, 1.165) is 5.56 Å². The van der Waals surface area contributed by atoms with Gasteiger partial charge in [-0.05, 0) is 12.5 Å². The normalized spacial score (nSPS) is 11.1. The summed E-state index contributed by atoms with van der Waals surface area (Å²) in [5.74, 6) is -1.11. The average molecular weight is 305 g/mol. The van der Waals surface area contributed by atoms with E-state index >= 15 is 0 Å². The predicted molar refractivity (Wildman–Crippen MR) is 79.8 cm³/mol. The van der Waals surface area contributed by atoms with E-state index < -0.39 is 17.9 Å². The molecule has 3 amide bonds. The van der Waals surface area contributed by atoms with Gasteiger partial charge < -0.3 is 16.0 Å². The predicted octanol–water partition coefficient (Wildman–Crippen LogP) is -0.835. The molecular weight excluding hydrogens is 286 g/mol. The van der Waals surface area contributed by atoms with Crippen LogP contribution in [0.15, 0.2) is 30.3 Å². The van der Waals surface area contributed by atoms with Crippen molar-refractivity contribution in [3.8, 4) is 0 Å². The Morgan fingerprint density at radius 2 is 1.82 bits per heavy atom. The largest absolute Gasteiger partial charge is 0.350 e. The Balaban J connectivity index is 2.70. The number of carbonyl (C=O) groups is 4. The molecule has 22 heavy (non-hydrogen) atoms. The minimum atomic E-state index is -0.817. The van der Waals surface area contributed by atoms with E-state index in [9.17, 15) is 19.2 Å². The van der Waals surface area contributed by atoms with E-state index in [1.54, 1.807) is 0 Å². The lowest BCUT2D eigenvalue weighted by Crippen LogP contribution is -2.50. The van der Waals surface area contributed by atoms with Gasteiger partial charge in [-0.2, -0.15) is 0 Å². The highest BCUT2D eigenvalue weighted by Gasteiger charge is 2.21. The van der Waals surface area contributed by atoms with E-state index in [-0.39, 0.29) is 25.3 Å². The highest BCUT2D eigenvalue weighted by Crippen LogP contribution is 2.03. The number of Topliss-reactive ketones (excluding diaryl/α,β-unsaturated/α-hetero) is 1. The minimum absolute atomic E-state index is 0.0907. The standard InChI is InChI=1S/C15H19N3O4/c1-11(20)8-17-15(22)13(18-14(21)9-16-10-19)7-12-5-3-2-4-6-12/h2-6,10,13H,7-9H2,1H3,(H,16,19)(H,17,22)(H,18,21). The highest BCUT2D eigenvalue weighted by atomic mass is 16.2. The third-order valence-corrected chi connectivity index (χ3v) is 2.79. The maximum Gasteiger partial charge on any atom is 0.243 e. The Morgan fingerprint density at radius 1 is 1.14 bits per heavy atom. The second-order valence-electron chi connectivity index (χ2n) is 4.73. The van der Waals surface area contributed by atoms with E-state index in [1.807, 2.05) is 30.3 Å². The summed E-state index contributed by atoms with van der Waals surface area (Å²) >= 11 is 0. The third kappa shape index (κ3) is 6.65. The van der Waals surface area contributed by atoms with Gasteiger partial charge in [0, 0.05) is 6.42 Å². The van der Waals surface area contributed by atoms with Crippen molar-refractivity contribution < 1.29 is 19.2 Å². The molecule has 0 radical (unpaired) electrons.